The number of piperazine rings is 1. The molecule has 140 valence electrons. The van der Waals surface area contributed by atoms with Crippen LogP contribution in [0.3, 0.4) is 0 Å². The van der Waals surface area contributed by atoms with E-state index in [-0.39, 0.29) is 0 Å². The van der Waals surface area contributed by atoms with E-state index in [0.717, 1.165) is 61.7 Å². The van der Waals surface area contributed by atoms with Gasteiger partial charge in [0.15, 0.2) is 5.96 Å². The maximum Gasteiger partial charge on any atom is 0.193 e. The zero-order valence-corrected chi connectivity index (χ0v) is 16.5. The van der Waals surface area contributed by atoms with Crippen LogP contribution >= 0.6 is 23.4 Å². The van der Waals surface area contributed by atoms with E-state index < -0.39 is 0 Å². The molecule has 1 aliphatic heterocycles. The number of halogens is 1. The number of hydrogen-bond acceptors (Lipinski definition) is 5. The molecule has 1 N–H and O–H groups in total. The van der Waals surface area contributed by atoms with Crippen molar-refractivity contribution >= 4 is 29.3 Å². The van der Waals surface area contributed by atoms with E-state index in [0.29, 0.717) is 0 Å². The molecule has 0 atom stereocenters. The van der Waals surface area contributed by atoms with Crippen molar-refractivity contribution in [2.45, 2.75) is 11.4 Å². The van der Waals surface area contributed by atoms with E-state index in [1.54, 1.807) is 6.26 Å². The van der Waals surface area contributed by atoms with Gasteiger partial charge in [-0.1, -0.05) is 16.8 Å². The molecule has 0 aliphatic carbocycles. The van der Waals surface area contributed by atoms with Crippen molar-refractivity contribution in [3.05, 3.63) is 47.3 Å². The maximum absolute atomic E-state index is 5.91. The molecule has 1 fully saturated rings. The molecule has 0 amide bonds. The van der Waals surface area contributed by atoms with Crippen LogP contribution in [0.5, 0.6) is 0 Å². The van der Waals surface area contributed by atoms with Crippen LogP contribution in [0.15, 0.2) is 51.0 Å². The molecule has 0 radical (unpaired) electrons. The fourth-order valence-electron chi connectivity index (χ4n) is 2.86. The van der Waals surface area contributed by atoms with E-state index in [1.165, 1.54) is 4.90 Å². The largest absolute Gasteiger partial charge is 0.364 e. The summed E-state index contributed by atoms with van der Waals surface area (Å²) in [5, 5.41) is 8.22. The summed E-state index contributed by atoms with van der Waals surface area (Å²) < 4.78 is 4.90. The summed E-state index contributed by atoms with van der Waals surface area (Å²) in [6.07, 6.45) is 1.62. The van der Waals surface area contributed by atoms with Gasteiger partial charge in [0.05, 0.1) is 5.69 Å². The number of guanidine groups is 1. The molecule has 1 saturated heterocycles. The molecule has 1 aliphatic rings. The zero-order valence-electron chi connectivity index (χ0n) is 14.9. The van der Waals surface area contributed by atoms with Crippen molar-refractivity contribution in [2.24, 2.45) is 4.99 Å². The second-order valence-corrected chi connectivity index (χ2v) is 7.64. The first-order chi connectivity index (χ1) is 12.7. The van der Waals surface area contributed by atoms with E-state index >= 15 is 0 Å². The quantitative estimate of drug-likeness (QED) is 0.352. The molecule has 6 nitrogen and oxygen atoms in total. The highest BCUT2D eigenvalue weighted by molar-refractivity contribution is 7.99. The first kappa shape index (κ1) is 19.1. The number of nitrogens with one attached hydrogen (secondary N) is 1. The van der Waals surface area contributed by atoms with Crippen LogP contribution in [0.1, 0.15) is 5.69 Å². The molecule has 0 spiro atoms. The van der Waals surface area contributed by atoms with Gasteiger partial charge in [-0.05, 0) is 24.3 Å². The lowest BCUT2D eigenvalue weighted by Gasteiger charge is -2.36. The number of hydrogen-bond donors (Lipinski definition) is 1. The molecule has 2 aromatic rings. The van der Waals surface area contributed by atoms with Gasteiger partial charge < -0.3 is 14.7 Å². The van der Waals surface area contributed by atoms with Crippen molar-refractivity contribution in [3.8, 4) is 0 Å². The van der Waals surface area contributed by atoms with Gasteiger partial charge in [-0.25, -0.2) is 0 Å². The van der Waals surface area contributed by atoms with Gasteiger partial charge in [-0.15, -0.1) is 11.8 Å². The van der Waals surface area contributed by atoms with Gasteiger partial charge in [0.1, 0.15) is 6.26 Å². The molecule has 0 unspecified atom stereocenters. The minimum absolute atomic E-state index is 0.774. The fourth-order valence-corrected chi connectivity index (χ4v) is 3.76. The van der Waals surface area contributed by atoms with Crippen LogP contribution in [0.2, 0.25) is 5.02 Å². The summed E-state index contributed by atoms with van der Waals surface area (Å²) in [7, 11) is 1.84. The number of aliphatic imine (C=N–C) groups is 1. The normalized spacial score (nSPS) is 16.1. The second kappa shape index (κ2) is 9.85. The van der Waals surface area contributed by atoms with Crippen LogP contribution < -0.4 is 5.32 Å². The number of benzene rings is 1. The fraction of sp³-hybridized carbons (Fsp3) is 0.444. The predicted octanol–water partition coefficient (Wildman–Crippen LogP) is 2.81. The predicted molar refractivity (Wildman–Crippen MR) is 107 cm³/mol. The van der Waals surface area contributed by atoms with E-state index in [2.05, 4.69) is 37.4 Å². The molecule has 8 heteroatoms. The molecule has 0 saturated carbocycles. The van der Waals surface area contributed by atoms with Gasteiger partial charge >= 0.3 is 0 Å². The van der Waals surface area contributed by atoms with Crippen molar-refractivity contribution in [2.75, 3.05) is 45.5 Å². The number of rotatable bonds is 6. The highest BCUT2D eigenvalue weighted by Crippen LogP contribution is 2.19. The zero-order chi connectivity index (χ0) is 18.2. The lowest BCUT2D eigenvalue weighted by atomic mass is 10.3. The third-order valence-corrected chi connectivity index (χ3v) is 5.49. The minimum Gasteiger partial charge on any atom is -0.364 e. The SMILES string of the molecule is CN=C(NCCSc1ccc(Cl)cc1)N1CCN(Cc2ccon2)CC1. The van der Waals surface area contributed by atoms with Gasteiger partial charge in [0, 0.05) is 68.1 Å². The standard InChI is InChI=1S/C18H24ClN5OS/c1-20-18(21-7-13-26-17-4-2-15(19)3-5-17)24-10-8-23(9-11-24)14-16-6-12-25-22-16/h2-6,12H,7-11,13-14H2,1H3,(H,20,21). The van der Waals surface area contributed by atoms with Gasteiger partial charge in [0.25, 0.3) is 0 Å². The van der Waals surface area contributed by atoms with Crippen molar-refractivity contribution in [3.63, 3.8) is 0 Å². The monoisotopic (exact) mass is 393 g/mol. The van der Waals surface area contributed by atoms with Crippen LogP contribution in [0, 0.1) is 0 Å². The number of aromatic nitrogens is 1. The maximum atomic E-state index is 5.91. The lowest BCUT2D eigenvalue weighted by Crippen LogP contribution is -2.52. The third-order valence-electron chi connectivity index (χ3n) is 4.23. The third kappa shape index (κ3) is 5.65. The molecule has 3 rings (SSSR count). The molecular formula is C18H24ClN5OS. The summed E-state index contributed by atoms with van der Waals surface area (Å²) in [6, 6.07) is 9.88. The summed E-state index contributed by atoms with van der Waals surface area (Å²) in [5.74, 6) is 1.95. The summed E-state index contributed by atoms with van der Waals surface area (Å²) >= 11 is 7.73. The van der Waals surface area contributed by atoms with E-state index in [4.69, 9.17) is 16.1 Å². The summed E-state index contributed by atoms with van der Waals surface area (Å²) in [6.45, 7) is 5.62. The Kier molecular flexibility index (Phi) is 7.22. The van der Waals surface area contributed by atoms with Crippen LogP contribution in [0.25, 0.3) is 0 Å². The van der Waals surface area contributed by atoms with Crippen molar-refractivity contribution in [1.82, 2.24) is 20.3 Å². The van der Waals surface area contributed by atoms with Gasteiger partial charge in [0.2, 0.25) is 0 Å². The Morgan fingerprint density at radius 3 is 2.65 bits per heavy atom. The second-order valence-electron chi connectivity index (χ2n) is 6.03. The van der Waals surface area contributed by atoms with Gasteiger partial charge in [-0.3, -0.25) is 9.89 Å². The highest BCUT2D eigenvalue weighted by Gasteiger charge is 2.20. The molecule has 2 heterocycles. The Morgan fingerprint density at radius 1 is 1.23 bits per heavy atom. The smallest absolute Gasteiger partial charge is 0.193 e. The highest BCUT2D eigenvalue weighted by atomic mass is 35.5. The van der Waals surface area contributed by atoms with Crippen molar-refractivity contribution in [1.29, 1.82) is 0 Å². The van der Waals surface area contributed by atoms with Gasteiger partial charge in [-0.2, -0.15) is 0 Å². The first-order valence-corrected chi connectivity index (χ1v) is 10.1. The van der Waals surface area contributed by atoms with E-state index in [1.807, 2.05) is 37.0 Å². The molecule has 1 aromatic carbocycles. The van der Waals surface area contributed by atoms with Crippen molar-refractivity contribution < 1.29 is 4.52 Å². The molecule has 0 bridgehead atoms. The summed E-state index contributed by atoms with van der Waals surface area (Å²) in [5.41, 5.74) is 0.986. The molecule has 1 aromatic heterocycles. The number of thioether (sulfide) groups is 1. The first-order valence-electron chi connectivity index (χ1n) is 8.70. The number of nitrogens with zero attached hydrogens (tertiary/aromatic N) is 4. The Bertz CT molecular complexity index is 684. The topological polar surface area (TPSA) is 56.9 Å². The average molecular weight is 394 g/mol. The Balaban J connectivity index is 1.37. The Hall–Kier alpha value is -1.70. The van der Waals surface area contributed by atoms with E-state index in [9.17, 15) is 0 Å². The molecular weight excluding hydrogens is 370 g/mol. The minimum atomic E-state index is 0.774. The average Bonchev–Trinajstić information content (AvgIpc) is 3.17. The molecule has 26 heavy (non-hydrogen) atoms. The lowest BCUT2D eigenvalue weighted by molar-refractivity contribution is 0.169. The van der Waals surface area contributed by atoms with Crippen LogP contribution in [0.4, 0.5) is 0 Å². The Labute approximate surface area is 163 Å². The van der Waals surface area contributed by atoms with Crippen LogP contribution in [-0.4, -0.2) is 66.4 Å². The summed E-state index contributed by atoms with van der Waals surface area (Å²) in [4.78, 5) is 10.4. The van der Waals surface area contributed by atoms with Crippen LogP contribution in [-0.2, 0) is 6.54 Å². The Morgan fingerprint density at radius 2 is 2.00 bits per heavy atom.